The molecule has 0 aromatic heterocycles. The molecular weight excluding hydrogens is 342 g/mol. The molecule has 1 atom stereocenters. The molecule has 5 heteroatoms. The number of nitro benzene ring substituents is 1. The second kappa shape index (κ2) is 6.88. The Bertz CT molecular complexity index is 1040. The number of para-hydroxylation sites is 1. The molecule has 1 aliphatic heterocycles. The standard InChI is InChI=1S/C22H15NO4/c24-21-18-8-4-5-9-20(18)27-22(16-6-2-1-3-7-16)19(21)14-15-10-12-17(13-11-15)23(25)26/h1-14,22H/b19-14-. The number of carbonyl (C=O) groups excluding carboxylic acids is 1. The van der Waals surface area contributed by atoms with Crippen LogP contribution in [0.3, 0.4) is 0 Å². The van der Waals surface area contributed by atoms with Crippen molar-refractivity contribution in [1.82, 2.24) is 0 Å². The molecule has 1 unspecified atom stereocenters. The molecule has 1 aliphatic rings. The predicted molar refractivity (Wildman–Crippen MR) is 102 cm³/mol. The molecular formula is C22H15NO4. The van der Waals surface area contributed by atoms with Crippen LogP contribution in [0.15, 0.2) is 84.4 Å². The van der Waals surface area contributed by atoms with Gasteiger partial charge in [0, 0.05) is 17.7 Å². The van der Waals surface area contributed by atoms with E-state index in [2.05, 4.69) is 0 Å². The highest BCUT2D eigenvalue weighted by Gasteiger charge is 2.32. The molecule has 0 spiro atoms. The van der Waals surface area contributed by atoms with E-state index in [1.54, 1.807) is 36.4 Å². The molecule has 27 heavy (non-hydrogen) atoms. The number of non-ortho nitro benzene ring substituents is 1. The molecule has 0 N–H and O–H groups in total. The molecule has 0 amide bonds. The molecule has 0 saturated carbocycles. The number of hydrogen-bond donors (Lipinski definition) is 0. The highest BCUT2D eigenvalue weighted by atomic mass is 16.6. The number of fused-ring (bicyclic) bond motifs is 1. The van der Waals surface area contributed by atoms with Crippen LogP contribution in [-0.2, 0) is 0 Å². The molecule has 3 aromatic carbocycles. The fourth-order valence-electron chi connectivity index (χ4n) is 3.11. The Morgan fingerprint density at radius 3 is 2.26 bits per heavy atom. The summed E-state index contributed by atoms with van der Waals surface area (Å²) >= 11 is 0. The van der Waals surface area contributed by atoms with Gasteiger partial charge in [-0.15, -0.1) is 0 Å². The number of hydrogen-bond acceptors (Lipinski definition) is 4. The van der Waals surface area contributed by atoms with Crippen molar-refractivity contribution in [1.29, 1.82) is 0 Å². The number of ketones is 1. The zero-order valence-electron chi connectivity index (χ0n) is 14.2. The maximum atomic E-state index is 13.1. The van der Waals surface area contributed by atoms with Crippen molar-refractivity contribution >= 4 is 17.5 Å². The Hall–Kier alpha value is -3.73. The van der Waals surface area contributed by atoms with Crippen molar-refractivity contribution in [3.05, 3.63) is 111 Å². The van der Waals surface area contributed by atoms with Crippen LogP contribution in [0.5, 0.6) is 5.75 Å². The lowest BCUT2D eigenvalue weighted by Gasteiger charge is -2.28. The first-order chi connectivity index (χ1) is 13.1. The number of benzene rings is 3. The normalized spacial score (nSPS) is 17.3. The lowest BCUT2D eigenvalue weighted by molar-refractivity contribution is -0.384. The van der Waals surface area contributed by atoms with Gasteiger partial charge in [0.15, 0.2) is 11.9 Å². The third kappa shape index (κ3) is 3.22. The first-order valence-corrected chi connectivity index (χ1v) is 8.45. The summed E-state index contributed by atoms with van der Waals surface area (Å²) in [7, 11) is 0. The first kappa shape index (κ1) is 16.7. The van der Waals surface area contributed by atoms with Crippen LogP contribution in [0.4, 0.5) is 5.69 Å². The van der Waals surface area contributed by atoms with E-state index in [0.717, 1.165) is 5.56 Å². The number of nitro groups is 1. The van der Waals surface area contributed by atoms with Gasteiger partial charge in [0.2, 0.25) is 0 Å². The van der Waals surface area contributed by atoms with Gasteiger partial charge in [-0.05, 0) is 41.5 Å². The highest BCUT2D eigenvalue weighted by molar-refractivity contribution is 6.14. The Morgan fingerprint density at radius 2 is 1.56 bits per heavy atom. The Morgan fingerprint density at radius 1 is 0.889 bits per heavy atom. The van der Waals surface area contributed by atoms with Crippen molar-refractivity contribution in [2.75, 3.05) is 0 Å². The Balaban J connectivity index is 1.81. The third-order valence-electron chi connectivity index (χ3n) is 4.45. The van der Waals surface area contributed by atoms with Gasteiger partial charge >= 0.3 is 0 Å². The van der Waals surface area contributed by atoms with Gasteiger partial charge in [0.1, 0.15) is 5.75 Å². The van der Waals surface area contributed by atoms with Crippen molar-refractivity contribution in [2.24, 2.45) is 0 Å². The Labute approximate surface area is 155 Å². The minimum absolute atomic E-state index is 0.00771. The van der Waals surface area contributed by atoms with Crippen molar-refractivity contribution in [3.63, 3.8) is 0 Å². The third-order valence-corrected chi connectivity index (χ3v) is 4.45. The lowest BCUT2D eigenvalue weighted by atomic mass is 9.89. The number of nitrogens with zero attached hydrogens (tertiary/aromatic N) is 1. The van der Waals surface area contributed by atoms with Crippen LogP contribution >= 0.6 is 0 Å². The van der Waals surface area contributed by atoms with E-state index in [1.807, 2.05) is 36.4 Å². The number of ether oxygens (including phenoxy) is 1. The van der Waals surface area contributed by atoms with E-state index < -0.39 is 11.0 Å². The number of rotatable bonds is 3. The fraction of sp³-hybridized carbons (Fsp3) is 0.0455. The first-order valence-electron chi connectivity index (χ1n) is 8.45. The van der Waals surface area contributed by atoms with E-state index in [1.165, 1.54) is 12.1 Å². The van der Waals surface area contributed by atoms with E-state index in [-0.39, 0.29) is 11.5 Å². The van der Waals surface area contributed by atoms with E-state index >= 15 is 0 Å². The molecule has 0 saturated heterocycles. The van der Waals surface area contributed by atoms with Gasteiger partial charge in [-0.2, -0.15) is 0 Å². The van der Waals surface area contributed by atoms with Gasteiger partial charge in [0.05, 0.1) is 10.5 Å². The summed E-state index contributed by atoms with van der Waals surface area (Å²) in [5.41, 5.74) is 2.58. The quantitative estimate of drug-likeness (QED) is 0.376. The highest BCUT2D eigenvalue weighted by Crippen LogP contribution is 2.39. The van der Waals surface area contributed by atoms with Gasteiger partial charge in [0.25, 0.3) is 5.69 Å². The van der Waals surface area contributed by atoms with Gasteiger partial charge in [-0.25, -0.2) is 0 Å². The molecule has 132 valence electrons. The van der Waals surface area contributed by atoms with Crippen molar-refractivity contribution in [3.8, 4) is 5.75 Å². The topological polar surface area (TPSA) is 69.4 Å². The molecule has 1 heterocycles. The van der Waals surface area contributed by atoms with E-state index in [0.29, 0.717) is 22.4 Å². The zero-order chi connectivity index (χ0) is 18.8. The minimum atomic E-state index is -0.538. The van der Waals surface area contributed by atoms with Crippen LogP contribution in [0.25, 0.3) is 6.08 Å². The second-order valence-electron chi connectivity index (χ2n) is 6.18. The average Bonchev–Trinajstić information content (AvgIpc) is 2.71. The summed E-state index contributed by atoms with van der Waals surface area (Å²) in [6, 6.07) is 22.8. The summed E-state index contributed by atoms with van der Waals surface area (Å²) < 4.78 is 6.14. The number of carbonyl (C=O) groups is 1. The van der Waals surface area contributed by atoms with Gasteiger partial charge in [-0.1, -0.05) is 42.5 Å². The van der Waals surface area contributed by atoms with Crippen molar-refractivity contribution in [2.45, 2.75) is 6.10 Å². The van der Waals surface area contributed by atoms with Crippen LogP contribution in [0, 0.1) is 10.1 Å². The van der Waals surface area contributed by atoms with E-state index in [4.69, 9.17) is 4.74 Å². The molecule has 0 radical (unpaired) electrons. The molecule has 0 bridgehead atoms. The average molecular weight is 357 g/mol. The summed E-state index contributed by atoms with van der Waals surface area (Å²) in [6.07, 6.45) is 1.20. The molecule has 3 aromatic rings. The zero-order valence-corrected chi connectivity index (χ0v) is 14.2. The summed E-state index contributed by atoms with van der Waals surface area (Å²) in [5, 5.41) is 10.8. The maximum Gasteiger partial charge on any atom is 0.269 e. The maximum absolute atomic E-state index is 13.1. The fourth-order valence-corrected chi connectivity index (χ4v) is 3.11. The van der Waals surface area contributed by atoms with Crippen LogP contribution in [0.1, 0.15) is 27.6 Å². The summed E-state index contributed by atoms with van der Waals surface area (Å²) in [6.45, 7) is 0. The summed E-state index contributed by atoms with van der Waals surface area (Å²) in [4.78, 5) is 23.5. The van der Waals surface area contributed by atoms with Crippen LogP contribution in [-0.4, -0.2) is 10.7 Å². The predicted octanol–water partition coefficient (Wildman–Crippen LogP) is 4.99. The minimum Gasteiger partial charge on any atom is -0.480 e. The summed E-state index contributed by atoms with van der Waals surface area (Å²) in [5.74, 6) is 0.446. The lowest BCUT2D eigenvalue weighted by Crippen LogP contribution is -2.23. The van der Waals surface area contributed by atoms with E-state index in [9.17, 15) is 14.9 Å². The SMILES string of the molecule is O=C1/C(=C/c2ccc([N+](=O)[O-])cc2)C(c2ccccc2)Oc2ccccc21. The molecule has 0 aliphatic carbocycles. The smallest absolute Gasteiger partial charge is 0.269 e. The number of Topliss-reactive ketones (excluding diaryl/α,β-unsaturated/α-hetero) is 1. The van der Waals surface area contributed by atoms with Crippen molar-refractivity contribution < 1.29 is 14.5 Å². The largest absolute Gasteiger partial charge is 0.480 e. The second-order valence-corrected chi connectivity index (χ2v) is 6.18. The van der Waals surface area contributed by atoms with Crippen LogP contribution in [0.2, 0.25) is 0 Å². The molecule has 0 fully saturated rings. The van der Waals surface area contributed by atoms with Gasteiger partial charge in [-0.3, -0.25) is 14.9 Å². The Kier molecular flexibility index (Phi) is 4.26. The monoisotopic (exact) mass is 357 g/mol. The van der Waals surface area contributed by atoms with Crippen LogP contribution < -0.4 is 4.74 Å². The van der Waals surface area contributed by atoms with Gasteiger partial charge < -0.3 is 4.74 Å². The molecule has 5 nitrogen and oxygen atoms in total. The molecule has 4 rings (SSSR count).